The van der Waals surface area contributed by atoms with Crippen LogP contribution in [0.5, 0.6) is 0 Å². The fourth-order valence-corrected chi connectivity index (χ4v) is 1.16. The van der Waals surface area contributed by atoms with Gasteiger partial charge in [0.05, 0.1) is 19.8 Å². The lowest BCUT2D eigenvalue weighted by Crippen LogP contribution is -2.31. The van der Waals surface area contributed by atoms with Crippen molar-refractivity contribution in [3.63, 3.8) is 0 Å². The van der Waals surface area contributed by atoms with Crippen LogP contribution in [0.4, 0.5) is 0 Å². The number of carbonyl (C=O) groups excluding carboxylic acids is 2. The molecule has 0 heterocycles. The molecule has 0 unspecified atom stereocenters. The molecule has 0 aromatic heterocycles. The third kappa shape index (κ3) is 15.0. The van der Waals surface area contributed by atoms with E-state index < -0.39 is 0 Å². The summed E-state index contributed by atoms with van der Waals surface area (Å²) in [5.41, 5.74) is 0. The van der Waals surface area contributed by atoms with Gasteiger partial charge >= 0.3 is 0 Å². The Morgan fingerprint density at radius 3 is 2.32 bits per heavy atom. The van der Waals surface area contributed by atoms with Crippen LogP contribution in [0.25, 0.3) is 0 Å². The molecular formula is C13H25NO5. The predicted octanol–water partition coefficient (Wildman–Crippen LogP) is 0.542. The molecule has 19 heavy (non-hydrogen) atoms. The average Bonchev–Trinajstić information content (AvgIpc) is 2.37. The van der Waals surface area contributed by atoms with Crippen LogP contribution in [0.1, 0.15) is 26.7 Å². The van der Waals surface area contributed by atoms with Gasteiger partial charge in [-0.1, -0.05) is 13.3 Å². The van der Waals surface area contributed by atoms with Crippen molar-refractivity contribution in [3.8, 4) is 0 Å². The zero-order valence-electron chi connectivity index (χ0n) is 11.9. The van der Waals surface area contributed by atoms with E-state index in [-0.39, 0.29) is 24.9 Å². The van der Waals surface area contributed by atoms with Crippen molar-refractivity contribution < 1.29 is 23.8 Å². The Labute approximate surface area is 114 Å². The first kappa shape index (κ1) is 18.0. The van der Waals surface area contributed by atoms with Crippen LogP contribution >= 0.6 is 0 Å². The maximum absolute atomic E-state index is 11.3. The molecule has 0 atom stereocenters. The van der Waals surface area contributed by atoms with E-state index in [1.165, 1.54) is 6.92 Å². The second-order valence-corrected chi connectivity index (χ2v) is 4.12. The standard InChI is InChI=1S/C13H25NO5/c1-3-4-6-18-11-13(16)14-5-7-17-8-9-19-10-12(2)15/h3-11H2,1-2H3,(H,14,16). The van der Waals surface area contributed by atoms with Crippen LogP contribution < -0.4 is 5.32 Å². The van der Waals surface area contributed by atoms with Crippen molar-refractivity contribution in [2.75, 3.05) is 46.2 Å². The van der Waals surface area contributed by atoms with Crippen LogP contribution in [0, 0.1) is 0 Å². The smallest absolute Gasteiger partial charge is 0.246 e. The largest absolute Gasteiger partial charge is 0.377 e. The monoisotopic (exact) mass is 275 g/mol. The van der Waals surface area contributed by atoms with Crippen molar-refractivity contribution >= 4 is 11.7 Å². The quantitative estimate of drug-likeness (QED) is 0.497. The summed E-state index contributed by atoms with van der Waals surface area (Å²) in [5.74, 6) is -0.136. The lowest BCUT2D eigenvalue weighted by Gasteiger charge is -2.07. The Morgan fingerprint density at radius 1 is 0.947 bits per heavy atom. The van der Waals surface area contributed by atoms with Crippen LogP contribution in [0.2, 0.25) is 0 Å². The highest BCUT2D eigenvalue weighted by Gasteiger charge is 2.00. The molecule has 6 heteroatoms. The van der Waals surface area contributed by atoms with E-state index in [0.29, 0.717) is 33.0 Å². The number of nitrogens with one attached hydrogen (secondary N) is 1. The summed E-state index contributed by atoms with van der Waals surface area (Å²) in [6, 6.07) is 0. The van der Waals surface area contributed by atoms with Crippen LogP contribution in [-0.4, -0.2) is 57.9 Å². The average molecular weight is 275 g/mol. The van der Waals surface area contributed by atoms with Crippen LogP contribution in [-0.2, 0) is 23.8 Å². The molecule has 0 aliphatic carbocycles. The third-order valence-corrected chi connectivity index (χ3v) is 2.12. The van der Waals surface area contributed by atoms with Gasteiger partial charge in [0.2, 0.25) is 5.91 Å². The number of Topliss-reactive ketones (excluding diaryl/α,β-unsaturated/α-hetero) is 1. The minimum Gasteiger partial charge on any atom is -0.377 e. The van der Waals surface area contributed by atoms with E-state index >= 15 is 0 Å². The zero-order valence-corrected chi connectivity index (χ0v) is 11.9. The second kappa shape index (κ2) is 13.5. The van der Waals surface area contributed by atoms with Gasteiger partial charge in [-0.15, -0.1) is 0 Å². The Kier molecular flexibility index (Phi) is 12.8. The number of ether oxygens (including phenoxy) is 3. The number of unbranched alkanes of at least 4 members (excludes halogenated alkanes) is 1. The lowest BCUT2D eigenvalue weighted by atomic mass is 10.4. The molecule has 0 spiro atoms. The van der Waals surface area contributed by atoms with Gasteiger partial charge < -0.3 is 19.5 Å². The lowest BCUT2D eigenvalue weighted by molar-refractivity contribution is -0.126. The summed E-state index contributed by atoms with van der Waals surface area (Å²) < 4.78 is 15.4. The number of rotatable bonds is 13. The van der Waals surface area contributed by atoms with E-state index in [4.69, 9.17) is 14.2 Å². The molecule has 0 aromatic rings. The molecule has 0 saturated heterocycles. The number of amides is 1. The van der Waals surface area contributed by atoms with Crippen LogP contribution in [0.15, 0.2) is 0 Å². The molecule has 0 fully saturated rings. The molecule has 0 aromatic carbocycles. The predicted molar refractivity (Wildman–Crippen MR) is 71.1 cm³/mol. The highest BCUT2D eigenvalue weighted by molar-refractivity contribution is 5.77. The zero-order chi connectivity index (χ0) is 14.3. The molecule has 0 aliphatic rings. The number of carbonyl (C=O) groups is 2. The van der Waals surface area contributed by atoms with E-state index in [1.807, 2.05) is 0 Å². The maximum atomic E-state index is 11.3. The second-order valence-electron chi connectivity index (χ2n) is 4.12. The van der Waals surface area contributed by atoms with Crippen LogP contribution in [0.3, 0.4) is 0 Å². The van der Waals surface area contributed by atoms with Gasteiger partial charge in [0, 0.05) is 13.2 Å². The third-order valence-electron chi connectivity index (χ3n) is 2.12. The topological polar surface area (TPSA) is 73.9 Å². The summed E-state index contributed by atoms with van der Waals surface area (Å²) >= 11 is 0. The maximum Gasteiger partial charge on any atom is 0.246 e. The van der Waals surface area contributed by atoms with Gasteiger partial charge in [-0.05, 0) is 13.3 Å². The summed E-state index contributed by atoms with van der Waals surface area (Å²) in [7, 11) is 0. The SMILES string of the molecule is CCCCOCC(=O)NCCOCCOCC(C)=O. The highest BCUT2D eigenvalue weighted by atomic mass is 16.5. The molecular weight excluding hydrogens is 250 g/mol. The summed E-state index contributed by atoms with van der Waals surface area (Å²) in [5, 5.41) is 2.68. The first-order valence-corrected chi connectivity index (χ1v) is 6.66. The minimum absolute atomic E-state index is 0.00432. The highest BCUT2D eigenvalue weighted by Crippen LogP contribution is 1.87. The molecule has 0 aliphatic heterocycles. The van der Waals surface area contributed by atoms with Gasteiger partial charge in [-0.25, -0.2) is 0 Å². The normalized spacial score (nSPS) is 10.4. The first-order valence-electron chi connectivity index (χ1n) is 6.66. The Hall–Kier alpha value is -0.980. The Bertz CT molecular complexity index is 245. The summed E-state index contributed by atoms with van der Waals surface area (Å²) in [6.07, 6.45) is 2.03. The molecule has 0 saturated carbocycles. The van der Waals surface area contributed by atoms with Crippen molar-refractivity contribution in [1.82, 2.24) is 5.32 Å². The van der Waals surface area contributed by atoms with Crippen molar-refractivity contribution in [2.24, 2.45) is 0 Å². The molecule has 0 rings (SSSR count). The Balaban J connectivity index is 3.16. The number of hydrogen-bond acceptors (Lipinski definition) is 5. The molecule has 0 radical (unpaired) electrons. The van der Waals surface area contributed by atoms with E-state index in [2.05, 4.69) is 12.2 Å². The van der Waals surface area contributed by atoms with Gasteiger partial charge in [0.15, 0.2) is 5.78 Å². The van der Waals surface area contributed by atoms with Crippen molar-refractivity contribution in [1.29, 1.82) is 0 Å². The van der Waals surface area contributed by atoms with E-state index in [1.54, 1.807) is 0 Å². The van der Waals surface area contributed by atoms with Crippen molar-refractivity contribution in [2.45, 2.75) is 26.7 Å². The van der Waals surface area contributed by atoms with Gasteiger partial charge in [-0.3, -0.25) is 9.59 Å². The number of hydrogen-bond donors (Lipinski definition) is 1. The molecule has 112 valence electrons. The Morgan fingerprint density at radius 2 is 1.63 bits per heavy atom. The molecule has 1 N–H and O–H groups in total. The fourth-order valence-electron chi connectivity index (χ4n) is 1.16. The van der Waals surface area contributed by atoms with Gasteiger partial charge in [-0.2, -0.15) is 0 Å². The molecule has 6 nitrogen and oxygen atoms in total. The number of ketones is 1. The summed E-state index contributed by atoms with van der Waals surface area (Å²) in [6.45, 7) is 6.04. The van der Waals surface area contributed by atoms with Crippen molar-refractivity contribution in [3.05, 3.63) is 0 Å². The first-order chi connectivity index (χ1) is 9.16. The van der Waals surface area contributed by atoms with E-state index in [9.17, 15) is 9.59 Å². The fraction of sp³-hybridized carbons (Fsp3) is 0.846. The molecule has 0 bridgehead atoms. The minimum atomic E-state index is -0.132. The summed E-state index contributed by atoms with van der Waals surface area (Å²) in [4.78, 5) is 21.8. The van der Waals surface area contributed by atoms with Gasteiger partial charge in [0.1, 0.15) is 13.2 Å². The van der Waals surface area contributed by atoms with Gasteiger partial charge in [0.25, 0.3) is 0 Å². The van der Waals surface area contributed by atoms with E-state index in [0.717, 1.165) is 12.8 Å². The molecule has 1 amide bonds.